The highest BCUT2D eigenvalue weighted by Crippen LogP contribution is 2.32. The second-order valence-corrected chi connectivity index (χ2v) is 9.62. The SMILES string of the molecule is Bc1c(B)c(-c2ccc3c(c2)C(=O)N(Cc2ncccn2)C(B)(B)CO3)c(B)c(B)c1OC(F)(F)F. The highest BCUT2D eigenvalue weighted by atomic mass is 19.4. The molecule has 0 N–H and O–H groups in total. The van der Waals surface area contributed by atoms with Crippen LogP contribution >= 0.6 is 0 Å². The molecule has 2 aromatic carbocycles. The summed E-state index contributed by atoms with van der Waals surface area (Å²) in [6.45, 7) is 0.483. The van der Waals surface area contributed by atoms with Gasteiger partial charge in [-0.3, -0.25) is 4.79 Å². The Morgan fingerprint density at radius 3 is 2.22 bits per heavy atom. The zero-order chi connectivity index (χ0) is 26.4. The summed E-state index contributed by atoms with van der Waals surface area (Å²) >= 11 is 0. The molecule has 0 radical (unpaired) electrons. The Bertz CT molecular complexity index is 1310. The van der Waals surface area contributed by atoms with E-state index in [1.165, 1.54) is 0 Å². The number of nitrogens with zero attached hydrogens (tertiary/aromatic N) is 3. The van der Waals surface area contributed by atoms with E-state index >= 15 is 0 Å². The van der Waals surface area contributed by atoms with Crippen LogP contribution in [-0.4, -0.2) is 86.2 Å². The lowest BCUT2D eigenvalue weighted by Crippen LogP contribution is -2.55. The molecule has 1 aliphatic heterocycles. The van der Waals surface area contributed by atoms with Gasteiger partial charge in [-0.05, 0) is 29.3 Å². The van der Waals surface area contributed by atoms with Crippen LogP contribution in [0.15, 0.2) is 36.7 Å². The molecule has 178 valence electrons. The molecule has 4 rings (SSSR count). The van der Waals surface area contributed by atoms with Gasteiger partial charge in [-0.15, -0.1) is 13.2 Å². The number of rotatable bonds is 4. The number of carbonyl (C=O) groups excluding carboxylic acids is 1. The van der Waals surface area contributed by atoms with E-state index in [2.05, 4.69) is 14.7 Å². The van der Waals surface area contributed by atoms with Crippen LogP contribution in [0, 0.1) is 0 Å². The molecule has 0 spiro atoms. The maximum absolute atomic E-state index is 13.8. The normalized spacial score (nSPS) is 15.1. The van der Waals surface area contributed by atoms with Crippen molar-refractivity contribution >= 4 is 74.8 Å². The first-order valence-electron chi connectivity index (χ1n) is 11.5. The highest BCUT2D eigenvalue weighted by Gasteiger charge is 2.37. The standard InChI is InChI=1S/C21H22B6F3N3O3/c22-14-13(15(23)17(25)18(16(14)24)36-21(28,29)30)9-2-3-11-10(6-9)19(34)33(20(26,27)8-35-11)7-12-31-4-1-5-32-12/h1-6H,7-8,22-27H2. The second-order valence-electron chi connectivity index (χ2n) is 9.62. The van der Waals surface area contributed by atoms with E-state index in [-0.39, 0.29) is 24.8 Å². The van der Waals surface area contributed by atoms with E-state index in [1.54, 1.807) is 66.9 Å². The Morgan fingerprint density at radius 1 is 1.03 bits per heavy atom. The van der Waals surface area contributed by atoms with Crippen LogP contribution in [0.25, 0.3) is 11.1 Å². The van der Waals surface area contributed by atoms with Gasteiger partial charge < -0.3 is 14.4 Å². The fraction of sp³-hybridized carbons (Fsp3) is 0.190. The van der Waals surface area contributed by atoms with Crippen molar-refractivity contribution < 1.29 is 27.4 Å². The molecule has 1 aliphatic rings. The lowest BCUT2D eigenvalue weighted by atomic mass is 9.61. The van der Waals surface area contributed by atoms with Gasteiger partial charge in [0.15, 0.2) is 0 Å². The van der Waals surface area contributed by atoms with E-state index < -0.39 is 11.7 Å². The molecule has 1 aromatic heterocycles. The van der Waals surface area contributed by atoms with Crippen molar-refractivity contribution in [1.82, 2.24) is 14.9 Å². The van der Waals surface area contributed by atoms with Crippen LogP contribution in [0.3, 0.4) is 0 Å². The summed E-state index contributed by atoms with van der Waals surface area (Å²) in [5, 5.41) is -0.634. The van der Waals surface area contributed by atoms with Crippen LogP contribution in [-0.2, 0) is 6.54 Å². The molecule has 0 unspecified atom stereocenters. The number of halogens is 3. The van der Waals surface area contributed by atoms with E-state index in [4.69, 9.17) is 4.74 Å². The number of amides is 1. The zero-order valence-corrected chi connectivity index (χ0v) is 21.1. The minimum Gasteiger partial charge on any atom is -0.492 e. The molecule has 3 aromatic rings. The van der Waals surface area contributed by atoms with E-state index in [9.17, 15) is 18.0 Å². The summed E-state index contributed by atoms with van der Waals surface area (Å²) in [6, 6.07) is 7.03. The smallest absolute Gasteiger partial charge is 0.492 e. The van der Waals surface area contributed by atoms with Crippen LogP contribution in [0.2, 0.25) is 0 Å². The number of hydrogen-bond acceptors (Lipinski definition) is 5. The summed E-state index contributed by atoms with van der Waals surface area (Å²) in [4.78, 5) is 24.0. The Hall–Kier alpha value is -3.23. The van der Waals surface area contributed by atoms with Crippen molar-refractivity contribution in [2.75, 3.05) is 6.61 Å². The minimum absolute atomic E-state index is 0.189. The lowest BCUT2D eigenvalue weighted by molar-refractivity contribution is -0.273. The van der Waals surface area contributed by atoms with Crippen molar-refractivity contribution in [3.63, 3.8) is 0 Å². The monoisotopic (exact) mass is 487 g/mol. The number of fused-ring (bicyclic) bond motifs is 1. The number of hydrogen-bond donors (Lipinski definition) is 0. The molecule has 0 atom stereocenters. The van der Waals surface area contributed by atoms with Gasteiger partial charge in [0.2, 0.25) is 0 Å². The molecule has 0 fully saturated rings. The second kappa shape index (κ2) is 9.33. The number of aromatic nitrogens is 2. The predicted molar refractivity (Wildman–Crippen MR) is 148 cm³/mol. The Morgan fingerprint density at radius 2 is 1.64 bits per heavy atom. The van der Waals surface area contributed by atoms with E-state index in [0.717, 1.165) is 5.56 Å². The van der Waals surface area contributed by atoms with Crippen molar-refractivity contribution in [2.24, 2.45) is 0 Å². The fourth-order valence-electron chi connectivity index (χ4n) is 4.55. The van der Waals surface area contributed by atoms with Crippen LogP contribution in [0.4, 0.5) is 13.2 Å². The minimum atomic E-state index is -4.79. The first-order chi connectivity index (χ1) is 16.8. The summed E-state index contributed by atoms with van der Waals surface area (Å²) in [6.07, 6.45) is -1.53. The van der Waals surface area contributed by atoms with Crippen molar-refractivity contribution in [2.45, 2.75) is 18.2 Å². The molecule has 6 nitrogen and oxygen atoms in total. The van der Waals surface area contributed by atoms with Crippen LogP contribution in [0.5, 0.6) is 11.5 Å². The van der Waals surface area contributed by atoms with Crippen LogP contribution in [0.1, 0.15) is 16.2 Å². The van der Waals surface area contributed by atoms with Gasteiger partial charge in [-0.1, -0.05) is 27.9 Å². The number of carbonyl (C=O) groups is 1. The maximum atomic E-state index is 13.8. The summed E-state index contributed by atoms with van der Waals surface area (Å²) in [7, 11) is 10.6. The molecule has 0 bridgehead atoms. The Balaban J connectivity index is 1.81. The number of alkyl halides is 3. The third-order valence-electron chi connectivity index (χ3n) is 6.75. The average molecular weight is 486 g/mol. The topological polar surface area (TPSA) is 64.6 Å². The lowest BCUT2D eigenvalue weighted by Gasteiger charge is -2.36. The molecule has 1 amide bonds. The molecule has 2 heterocycles. The van der Waals surface area contributed by atoms with Crippen molar-refractivity contribution in [3.05, 3.63) is 48.0 Å². The third-order valence-corrected chi connectivity index (χ3v) is 6.75. The molecule has 0 saturated heterocycles. The molecular weight excluding hydrogens is 464 g/mol. The van der Waals surface area contributed by atoms with Gasteiger partial charge in [0.05, 0.1) is 18.7 Å². The van der Waals surface area contributed by atoms with Gasteiger partial charge in [0.1, 0.15) is 64.4 Å². The predicted octanol–water partition coefficient (Wildman–Crippen LogP) is -4.97. The third kappa shape index (κ3) is 4.88. The maximum Gasteiger partial charge on any atom is 0.573 e. The van der Waals surface area contributed by atoms with E-state index in [0.29, 0.717) is 44.6 Å². The van der Waals surface area contributed by atoms with Gasteiger partial charge in [0.25, 0.3) is 5.91 Å². The molecular formula is C21H22B6F3N3O3. The first kappa shape index (κ1) is 25.9. The average Bonchev–Trinajstić information content (AvgIpc) is 2.91. The summed E-state index contributed by atoms with van der Waals surface area (Å²) in [5.41, 5.74) is 3.93. The number of ether oxygens (including phenoxy) is 2. The summed E-state index contributed by atoms with van der Waals surface area (Å²) in [5.74, 6) is 0.541. The Kier molecular flexibility index (Phi) is 6.70. The summed E-state index contributed by atoms with van der Waals surface area (Å²) < 4.78 is 49.4. The van der Waals surface area contributed by atoms with Gasteiger partial charge in [0, 0.05) is 17.7 Å². The number of benzene rings is 2. The Labute approximate surface area is 212 Å². The van der Waals surface area contributed by atoms with Crippen molar-refractivity contribution in [1.29, 1.82) is 0 Å². The quantitative estimate of drug-likeness (QED) is 0.346. The van der Waals surface area contributed by atoms with Gasteiger partial charge >= 0.3 is 6.36 Å². The molecule has 0 saturated carbocycles. The largest absolute Gasteiger partial charge is 0.573 e. The van der Waals surface area contributed by atoms with Crippen molar-refractivity contribution in [3.8, 4) is 22.6 Å². The molecule has 15 heteroatoms. The molecule has 36 heavy (non-hydrogen) atoms. The van der Waals surface area contributed by atoms with Gasteiger partial charge in [-0.2, -0.15) is 0 Å². The fourth-order valence-corrected chi connectivity index (χ4v) is 4.55. The van der Waals surface area contributed by atoms with Gasteiger partial charge in [-0.25, -0.2) is 9.97 Å². The first-order valence-corrected chi connectivity index (χ1v) is 11.5. The molecule has 0 aliphatic carbocycles. The highest BCUT2D eigenvalue weighted by molar-refractivity contribution is 6.61. The zero-order valence-electron chi connectivity index (χ0n) is 21.1. The van der Waals surface area contributed by atoms with E-state index in [1.807, 2.05) is 21.8 Å². The van der Waals surface area contributed by atoms with Crippen LogP contribution < -0.4 is 31.3 Å².